The number of hydrogen-bond donors (Lipinski definition) is 1. The Hall–Kier alpha value is -3.81. The fourth-order valence-corrected chi connectivity index (χ4v) is 3.33. The maximum atomic E-state index is 13.2. The Kier molecular flexibility index (Phi) is 7.26. The highest BCUT2D eigenvalue weighted by Crippen LogP contribution is 2.22. The fraction of sp³-hybridized carbons (Fsp3) is 0.261. The molecule has 162 valence electrons. The maximum Gasteiger partial charge on any atom is 0.354 e. The standard InChI is InChI=1S/C23H25N3O5/c1-30-21(27)16-20(23(29)31-2)24-19-11-7-6-10-18(19)22(28)26-14-12-25(13-15-26)17-8-4-3-5-9-17/h3-11,16,24H,12-15H2,1-2H3/b20-16+. The summed E-state index contributed by atoms with van der Waals surface area (Å²) in [5.74, 6) is -1.61. The van der Waals surface area contributed by atoms with Gasteiger partial charge in [-0.2, -0.15) is 0 Å². The van der Waals surface area contributed by atoms with Gasteiger partial charge in [0, 0.05) is 31.9 Å². The Morgan fingerprint density at radius 2 is 1.52 bits per heavy atom. The van der Waals surface area contributed by atoms with Crippen molar-refractivity contribution in [2.75, 3.05) is 50.6 Å². The number of para-hydroxylation sites is 2. The second kappa shape index (κ2) is 10.3. The van der Waals surface area contributed by atoms with Crippen molar-refractivity contribution in [2.24, 2.45) is 0 Å². The van der Waals surface area contributed by atoms with E-state index in [2.05, 4.69) is 27.1 Å². The van der Waals surface area contributed by atoms with E-state index in [0.29, 0.717) is 24.3 Å². The number of benzene rings is 2. The SMILES string of the molecule is COC(=O)/C=C(/Nc1ccccc1C(=O)N1CCN(c2ccccc2)CC1)C(=O)OC. The van der Waals surface area contributed by atoms with Crippen molar-refractivity contribution in [3.63, 3.8) is 0 Å². The minimum absolute atomic E-state index is 0.122. The Labute approximate surface area is 181 Å². The Balaban J connectivity index is 1.75. The smallest absolute Gasteiger partial charge is 0.354 e. The van der Waals surface area contributed by atoms with Crippen LogP contribution in [0.3, 0.4) is 0 Å². The van der Waals surface area contributed by atoms with Gasteiger partial charge in [-0.05, 0) is 24.3 Å². The van der Waals surface area contributed by atoms with E-state index in [1.807, 2.05) is 18.2 Å². The predicted octanol–water partition coefficient (Wildman–Crippen LogP) is 2.29. The number of carbonyl (C=O) groups excluding carboxylic acids is 3. The van der Waals surface area contributed by atoms with Crippen LogP contribution in [0.2, 0.25) is 0 Å². The summed E-state index contributed by atoms with van der Waals surface area (Å²) >= 11 is 0. The van der Waals surface area contributed by atoms with E-state index in [9.17, 15) is 14.4 Å². The average molecular weight is 423 g/mol. The van der Waals surface area contributed by atoms with Crippen molar-refractivity contribution in [1.29, 1.82) is 0 Å². The molecule has 3 rings (SSSR count). The van der Waals surface area contributed by atoms with E-state index in [1.165, 1.54) is 14.2 Å². The molecule has 0 unspecified atom stereocenters. The van der Waals surface area contributed by atoms with Gasteiger partial charge in [-0.3, -0.25) is 4.79 Å². The first-order valence-electron chi connectivity index (χ1n) is 9.86. The van der Waals surface area contributed by atoms with Crippen LogP contribution in [0.5, 0.6) is 0 Å². The summed E-state index contributed by atoms with van der Waals surface area (Å²) in [7, 11) is 2.42. The van der Waals surface area contributed by atoms with Gasteiger partial charge in [0.2, 0.25) is 0 Å². The molecule has 1 saturated heterocycles. The van der Waals surface area contributed by atoms with E-state index >= 15 is 0 Å². The van der Waals surface area contributed by atoms with Gasteiger partial charge in [-0.1, -0.05) is 30.3 Å². The molecule has 0 spiro atoms. The van der Waals surface area contributed by atoms with Gasteiger partial charge in [-0.15, -0.1) is 0 Å². The zero-order valence-electron chi connectivity index (χ0n) is 17.5. The molecule has 1 aliphatic rings. The first kappa shape index (κ1) is 21.9. The Morgan fingerprint density at radius 1 is 0.871 bits per heavy atom. The Morgan fingerprint density at radius 3 is 2.16 bits per heavy atom. The highest BCUT2D eigenvalue weighted by Gasteiger charge is 2.25. The molecule has 8 heteroatoms. The number of carbonyl (C=O) groups is 3. The third-order valence-corrected chi connectivity index (χ3v) is 4.98. The first-order valence-corrected chi connectivity index (χ1v) is 9.86. The molecule has 8 nitrogen and oxygen atoms in total. The average Bonchev–Trinajstić information content (AvgIpc) is 2.83. The molecule has 2 aromatic rings. The van der Waals surface area contributed by atoms with Crippen molar-refractivity contribution < 1.29 is 23.9 Å². The van der Waals surface area contributed by atoms with Crippen LogP contribution in [0, 0.1) is 0 Å². The monoisotopic (exact) mass is 423 g/mol. The summed E-state index contributed by atoms with van der Waals surface area (Å²) in [6, 6.07) is 16.9. The fourth-order valence-electron chi connectivity index (χ4n) is 3.33. The summed E-state index contributed by atoms with van der Waals surface area (Å²) in [6.07, 6.45) is 0.992. The van der Waals surface area contributed by atoms with E-state index < -0.39 is 11.9 Å². The van der Waals surface area contributed by atoms with Crippen molar-refractivity contribution >= 4 is 29.2 Å². The van der Waals surface area contributed by atoms with Crippen molar-refractivity contribution in [3.05, 3.63) is 71.9 Å². The molecular weight excluding hydrogens is 398 g/mol. The third-order valence-electron chi connectivity index (χ3n) is 4.98. The number of nitrogens with one attached hydrogen (secondary N) is 1. The summed E-state index contributed by atoms with van der Waals surface area (Å²) in [4.78, 5) is 40.9. The first-order chi connectivity index (χ1) is 15.0. The second-order valence-corrected chi connectivity index (χ2v) is 6.86. The lowest BCUT2D eigenvalue weighted by Crippen LogP contribution is -2.48. The summed E-state index contributed by atoms with van der Waals surface area (Å²) in [6.45, 7) is 2.59. The third kappa shape index (κ3) is 5.42. The van der Waals surface area contributed by atoms with E-state index in [4.69, 9.17) is 4.74 Å². The van der Waals surface area contributed by atoms with Crippen LogP contribution >= 0.6 is 0 Å². The number of hydrogen-bond acceptors (Lipinski definition) is 7. The molecule has 31 heavy (non-hydrogen) atoms. The lowest BCUT2D eigenvalue weighted by Gasteiger charge is -2.36. The van der Waals surface area contributed by atoms with Gasteiger partial charge in [-0.25, -0.2) is 9.59 Å². The Bertz CT molecular complexity index is 966. The number of amides is 1. The van der Waals surface area contributed by atoms with E-state index in [-0.39, 0.29) is 11.6 Å². The van der Waals surface area contributed by atoms with Gasteiger partial charge in [0.1, 0.15) is 5.70 Å². The lowest BCUT2D eigenvalue weighted by molar-refractivity contribution is -0.138. The highest BCUT2D eigenvalue weighted by atomic mass is 16.5. The summed E-state index contributed by atoms with van der Waals surface area (Å²) in [5.41, 5.74) is 1.81. The van der Waals surface area contributed by atoms with Crippen LogP contribution in [0.4, 0.5) is 11.4 Å². The largest absolute Gasteiger partial charge is 0.466 e. The second-order valence-electron chi connectivity index (χ2n) is 6.86. The molecule has 0 atom stereocenters. The molecule has 0 aliphatic carbocycles. The number of methoxy groups -OCH3 is 2. The molecule has 0 saturated carbocycles. The van der Waals surface area contributed by atoms with Crippen molar-refractivity contribution in [1.82, 2.24) is 4.90 Å². The van der Waals surface area contributed by atoms with Crippen LogP contribution in [-0.4, -0.2) is 63.1 Å². The molecule has 1 fully saturated rings. The molecule has 0 radical (unpaired) electrons. The minimum Gasteiger partial charge on any atom is -0.466 e. The zero-order chi connectivity index (χ0) is 22.2. The lowest BCUT2D eigenvalue weighted by atomic mass is 10.1. The number of piperazine rings is 1. The number of esters is 2. The van der Waals surface area contributed by atoms with Gasteiger partial charge < -0.3 is 24.6 Å². The molecule has 1 heterocycles. The highest BCUT2D eigenvalue weighted by molar-refractivity contribution is 6.03. The molecule has 1 amide bonds. The number of rotatable bonds is 6. The van der Waals surface area contributed by atoms with Crippen LogP contribution in [0.1, 0.15) is 10.4 Å². The van der Waals surface area contributed by atoms with Gasteiger partial charge in [0.15, 0.2) is 0 Å². The molecule has 2 aromatic carbocycles. The molecule has 0 bridgehead atoms. The van der Waals surface area contributed by atoms with Crippen molar-refractivity contribution in [2.45, 2.75) is 0 Å². The predicted molar refractivity (Wildman–Crippen MR) is 117 cm³/mol. The van der Waals surface area contributed by atoms with Crippen LogP contribution < -0.4 is 10.2 Å². The summed E-state index contributed by atoms with van der Waals surface area (Å²) < 4.78 is 9.31. The minimum atomic E-state index is -0.746. The van der Waals surface area contributed by atoms with Crippen molar-refractivity contribution in [3.8, 4) is 0 Å². The van der Waals surface area contributed by atoms with Gasteiger partial charge in [0.25, 0.3) is 5.91 Å². The van der Waals surface area contributed by atoms with Gasteiger partial charge >= 0.3 is 11.9 Å². The summed E-state index contributed by atoms with van der Waals surface area (Å²) in [5, 5.41) is 2.85. The van der Waals surface area contributed by atoms with Crippen LogP contribution in [-0.2, 0) is 19.1 Å². The van der Waals surface area contributed by atoms with E-state index in [0.717, 1.165) is 24.9 Å². The maximum absolute atomic E-state index is 13.2. The number of ether oxygens (including phenoxy) is 2. The number of anilines is 2. The quantitative estimate of drug-likeness (QED) is 0.563. The molecular formula is C23H25N3O5. The molecule has 1 aliphatic heterocycles. The van der Waals surface area contributed by atoms with Gasteiger partial charge in [0.05, 0.1) is 31.5 Å². The topological polar surface area (TPSA) is 88.2 Å². The van der Waals surface area contributed by atoms with Crippen LogP contribution in [0.25, 0.3) is 0 Å². The zero-order valence-corrected chi connectivity index (χ0v) is 17.5. The normalized spacial score (nSPS) is 14.1. The van der Waals surface area contributed by atoms with E-state index in [1.54, 1.807) is 29.2 Å². The van der Waals surface area contributed by atoms with Crippen LogP contribution in [0.15, 0.2) is 66.4 Å². The number of nitrogens with zero attached hydrogens (tertiary/aromatic N) is 2. The molecule has 0 aromatic heterocycles. The molecule has 1 N–H and O–H groups in total.